The van der Waals surface area contributed by atoms with Gasteiger partial charge in [0.2, 0.25) is 0 Å². The third kappa shape index (κ3) is 2.85. The Labute approximate surface area is 136 Å². The highest BCUT2D eigenvalue weighted by atomic mass is 16.1. The van der Waals surface area contributed by atoms with Gasteiger partial charge in [-0.25, -0.2) is 4.68 Å². The molecule has 0 bridgehead atoms. The van der Waals surface area contributed by atoms with Crippen LogP contribution < -0.4 is 0 Å². The zero-order chi connectivity index (χ0) is 16.8. The first-order chi connectivity index (χ1) is 10.8. The molecule has 0 aliphatic heterocycles. The van der Waals surface area contributed by atoms with Crippen molar-refractivity contribution in [1.29, 1.82) is 0 Å². The smallest absolute Gasteiger partial charge is 0.166 e. The monoisotopic (exact) mass is 310 g/mol. The summed E-state index contributed by atoms with van der Waals surface area (Å²) in [4.78, 5) is 24.3. The van der Waals surface area contributed by atoms with Crippen molar-refractivity contribution in [2.45, 2.75) is 40.5 Å². The van der Waals surface area contributed by atoms with Gasteiger partial charge in [0.25, 0.3) is 0 Å². The van der Waals surface area contributed by atoms with E-state index in [1.807, 2.05) is 42.8 Å². The molecular weight excluding hydrogens is 288 g/mol. The van der Waals surface area contributed by atoms with Crippen LogP contribution in [0.4, 0.5) is 0 Å². The predicted octanol–water partition coefficient (Wildman–Crippen LogP) is 3.87. The van der Waals surface area contributed by atoms with Gasteiger partial charge in [-0.15, -0.1) is 0 Å². The molecular formula is C19H22N2O2. The number of carbonyl (C=O) groups is 2. The summed E-state index contributed by atoms with van der Waals surface area (Å²) in [6, 6.07) is 7.47. The largest absolute Gasteiger partial charge is 0.294 e. The van der Waals surface area contributed by atoms with Crippen LogP contribution >= 0.6 is 0 Å². The van der Waals surface area contributed by atoms with Gasteiger partial charge < -0.3 is 0 Å². The molecule has 1 aromatic carbocycles. The molecule has 0 unspecified atom stereocenters. The minimum atomic E-state index is -0.0462. The molecule has 4 heteroatoms. The molecule has 1 aliphatic carbocycles. The fourth-order valence-electron chi connectivity index (χ4n) is 3.15. The highest BCUT2D eigenvalue weighted by Crippen LogP contribution is 2.35. The molecule has 4 nitrogen and oxygen atoms in total. The number of hydrogen-bond donors (Lipinski definition) is 0. The summed E-state index contributed by atoms with van der Waals surface area (Å²) in [5, 5.41) is 4.40. The van der Waals surface area contributed by atoms with E-state index in [1.165, 1.54) is 0 Å². The molecule has 120 valence electrons. The number of aromatic nitrogens is 2. The van der Waals surface area contributed by atoms with Gasteiger partial charge in [0, 0.05) is 17.9 Å². The van der Waals surface area contributed by atoms with E-state index in [-0.39, 0.29) is 22.9 Å². The molecule has 0 saturated heterocycles. The number of benzene rings is 1. The molecule has 0 N–H and O–H groups in total. The first kappa shape index (κ1) is 15.7. The Morgan fingerprint density at radius 2 is 1.83 bits per heavy atom. The maximum Gasteiger partial charge on any atom is 0.166 e. The second-order valence-corrected chi connectivity index (χ2v) is 7.42. The van der Waals surface area contributed by atoms with Gasteiger partial charge in [-0.2, -0.15) is 5.10 Å². The van der Waals surface area contributed by atoms with E-state index < -0.39 is 0 Å². The topological polar surface area (TPSA) is 52.0 Å². The highest BCUT2D eigenvalue weighted by Gasteiger charge is 2.34. The van der Waals surface area contributed by atoms with Crippen molar-refractivity contribution in [3.8, 4) is 5.69 Å². The number of ketones is 2. The summed E-state index contributed by atoms with van der Waals surface area (Å²) in [6.45, 7) is 8.01. The summed E-state index contributed by atoms with van der Waals surface area (Å²) in [5.41, 5.74) is 3.24. The Morgan fingerprint density at radius 3 is 2.43 bits per heavy atom. The minimum absolute atomic E-state index is 0.0169. The van der Waals surface area contributed by atoms with Crippen molar-refractivity contribution in [3.63, 3.8) is 0 Å². The molecule has 2 aromatic rings. The molecule has 1 aromatic heterocycles. The van der Waals surface area contributed by atoms with E-state index in [0.29, 0.717) is 12.0 Å². The molecule has 0 atom stereocenters. The van der Waals surface area contributed by atoms with Crippen LogP contribution in [0.3, 0.4) is 0 Å². The van der Waals surface area contributed by atoms with E-state index in [1.54, 1.807) is 6.20 Å². The Bertz CT molecular complexity index is 767. The van der Waals surface area contributed by atoms with Crippen LogP contribution in [0.15, 0.2) is 30.5 Å². The first-order valence-corrected chi connectivity index (χ1v) is 8.03. The molecule has 0 spiro atoms. The van der Waals surface area contributed by atoms with Crippen LogP contribution in [-0.2, 0) is 6.42 Å². The molecule has 0 fully saturated rings. The Balaban J connectivity index is 1.98. The lowest BCUT2D eigenvalue weighted by atomic mass is 9.76. The van der Waals surface area contributed by atoms with E-state index in [0.717, 1.165) is 23.4 Å². The van der Waals surface area contributed by atoms with E-state index in [9.17, 15) is 9.59 Å². The molecule has 23 heavy (non-hydrogen) atoms. The van der Waals surface area contributed by atoms with Crippen LogP contribution in [-0.4, -0.2) is 21.3 Å². The lowest BCUT2D eigenvalue weighted by molar-refractivity contribution is 0.0909. The third-order valence-electron chi connectivity index (χ3n) is 4.38. The van der Waals surface area contributed by atoms with Gasteiger partial charge in [0.15, 0.2) is 11.6 Å². The summed E-state index contributed by atoms with van der Waals surface area (Å²) in [7, 11) is 0. The number of rotatable bonds is 3. The average Bonchev–Trinajstić information content (AvgIpc) is 2.89. The fraction of sp³-hybridized carbons (Fsp3) is 0.421. The van der Waals surface area contributed by atoms with Crippen molar-refractivity contribution >= 4 is 11.6 Å². The second kappa shape index (κ2) is 5.44. The molecule has 1 heterocycles. The molecule has 3 rings (SSSR count). The Hall–Kier alpha value is -2.23. The van der Waals surface area contributed by atoms with Crippen LogP contribution in [0.25, 0.3) is 5.69 Å². The summed E-state index contributed by atoms with van der Waals surface area (Å²) in [5.74, 6) is 0.279. The number of carbonyl (C=O) groups excluding carboxylic acids is 2. The lowest BCUT2D eigenvalue weighted by Gasteiger charge is -2.28. The number of Topliss-reactive ketones (excluding diaryl/α,β-unsaturated/α-hetero) is 2. The summed E-state index contributed by atoms with van der Waals surface area (Å²) >= 11 is 0. The van der Waals surface area contributed by atoms with Crippen LogP contribution in [0.5, 0.6) is 0 Å². The van der Waals surface area contributed by atoms with E-state index in [4.69, 9.17) is 0 Å². The zero-order valence-electron chi connectivity index (χ0n) is 14.1. The Kier molecular flexibility index (Phi) is 3.71. The van der Waals surface area contributed by atoms with Gasteiger partial charge in [-0.05, 0) is 36.1 Å². The number of fused-ring (bicyclic) bond motifs is 1. The summed E-state index contributed by atoms with van der Waals surface area (Å²) in [6.07, 6.45) is 3.05. The van der Waals surface area contributed by atoms with Crippen molar-refractivity contribution in [2.75, 3.05) is 0 Å². The normalized spacial score (nSPS) is 16.5. The lowest BCUT2D eigenvalue weighted by Crippen LogP contribution is -2.27. The van der Waals surface area contributed by atoms with Crippen molar-refractivity contribution in [1.82, 2.24) is 9.78 Å². The number of nitrogens with zero attached hydrogens (tertiary/aromatic N) is 2. The first-order valence-electron chi connectivity index (χ1n) is 8.03. The number of hydrogen-bond acceptors (Lipinski definition) is 3. The van der Waals surface area contributed by atoms with Crippen LogP contribution in [0.1, 0.15) is 60.5 Å². The summed E-state index contributed by atoms with van der Waals surface area (Å²) < 4.78 is 1.83. The fourth-order valence-corrected chi connectivity index (χ4v) is 3.15. The SMILES string of the molecule is CC(C)C(=O)c1ccc(-n2ncc3c2CC(C)(C)CC3=O)cc1. The quantitative estimate of drug-likeness (QED) is 0.809. The third-order valence-corrected chi connectivity index (χ3v) is 4.38. The Morgan fingerprint density at radius 1 is 1.17 bits per heavy atom. The van der Waals surface area contributed by atoms with Gasteiger partial charge >= 0.3 is 0 Å². The van der Waals surface area contributed by atoms with Gasteiger partial charge in [-0.3, -0.25) is 9.59 Å². The standard InChI is InChI=1S/C19H22N2O2/c1-12(2)18(23)13-5-7-14(8-6-13)21-16-9-19(3,4)10-17(22)15(16)11-20-21/h5-8,11-12H,9-10H2,1-4H3. The average molecular weight is 310 g/mol. The van der Waals surface area contributed by atoms with Gasteiger partial charge in [0.1, 0.15) is 0 Å². The van der Waals surface area contributed by atoms with Crippen LogP contribution in [0, 0.1) is 11.3 Å². The van der Waals surface area contributed by atoms with E-state index in [2.05, 4.69) is 18.9 Å². The highest BCUT2D eigenvalue weighted by molar-refractivity contribution is 5.99. The zero-order valence-corrected chi connectivity index (χ0v) is 14.1. The molecule has 1 aliphatic rings. The predicted molar refractivity (Wildman–Crippen MR) is 89.2 cm³/mol. The van der Waals surface area contributed by atoms with Crippen molar-refractivity contribution in [3.05, 3.63) is 47.3 Å². The maximum absolute atomic E-state index is 12.3. The maximum atomic E-state index is 12.3. The van der Waals surface area contributed by atoms with E-state index >= 15 is 0 Å². The molecule has 0 amide bonds. The van der Waals surface area contributed by atoms with Crippen molar-refractivity contribution in [2.24, 2.45) is 11.3 Å². The molecule has 0 radical (unpaired) electrons. The van der Waals surface area contributed by atoms with Gasteiger partial charge in [-0.1, -0.05) is 27.7 Å². The second-order valence-electron chi connectivity index (χ2n) is 7.42. The minimum Gasteiger partial charge on any atom is -0.294 e. The van der Waals surface area contributed by atoms with Crippen LogP contribution in [0.2, 0.25) is 0 Å². The molecule has 0 saturated carbocycles. The van der Waals surface area contributed by atoms with Crippen molar-refractivity contribution < 1.29 is 9.59 Å². The van der Waals surface area contributed by atoms with Gasteiger partial charge in [0.05, 0.1) is 23.1 Å².